The number of piperidine rings is 1. The summed E-state index contributed by atoms with van der Waals surface area (Å²) in [5, 5.41) is 3.35. The Hall–Kier alpha value is -1.39. The molecule has 24 heavy (non-hydrogen) atoms. The summed E-state index contributed by atoms with van der Waals surface area (Å²) in [5.41, 5.74) is 1.43. The molecule has 2 aliphatic rings. The van der Waals surface area contributed by atoms with Gasteiger partial charge in [0.15, 0.2) is 0 Å². The van der Waals surface area contributed by atoms with Crippen molar-refractivity contribution in [2.45, 2.75) is 32.1 Å². The average Bonchev–Trinajstić information content (AvgIpc) is 2.88. The number of aryl methyl sites for hydroxylation is 1. The van der Waals surface area contributed by atoms with E-state index >= 15 is 0 Å². The van der Waals surface area contributed by atoms with Gasteiger partial charge >= 0.3 is 0 Å². The summed E-state index contributed by atoms with van der Waals surface area (Å²) in [7, 11) is 0. The van der Waals surface area contributed by atoms with Crippen molar-refractivity contribution < 1.29 is 4.79 Å². The fourth-order valence-corrected chi connectivity index (χ4v) is 3.89. The number of benzene rings is 1. The van der Waals surface area contributed by atoms with Gasteiger partial charge in [-0.1, -0.05) is 30.3 Å². The second-order valence-corrected chi connectivity index (χ2v) is 7.13. The van der Waals surface area contributed by atoms with Crippen LogP contribution in [0.1, 0.15) is 31.2 Å². The smallest absolute Gasteiger partial charge is 0.225 e. The van der Waals surface area contributed by atoms with Crippen molar-refractivity contribution in [3.63, 3.8) is 0 Å². The van der Waals surface area contributed by atoms with E-state index in [0.29, 0.717) is 5.91 Å². The average molecular weight is 329 g/mol. The fraction of sp³-hybridized carbons (Fsp3) is 0.650. The molecule has 0 saturated carbocycles. The summed E-state index contributed by atoms with van der Waals surface area (Å²) in [6.45, 7) is 7.15. The molecule has 2 heterocycles. The highest BCUT2D eigenvalue weighted by Gasteiger charge is 2.27. The number of carbonyl (C=O) groups is 1. The number of hydrogen-bond acceptors (Lipinski definition) is 3. The van der Waals surface area contributed by atoms with Crippen LogP contribution in [-0.2, 0) is 11.2 Å². The van der Waals surface area contributed by atoms with E-state index in [4.69, 9.17) is 0 Å². The first-order valence-corrected chi connectivity index (χ1v) is 9.59. The van der Waals surface area contributed by atoms with Crippen molar-refractivity contribution in [3.8, 4) is 0 Å². The van der Waals surface area contributed by atoms with Crippen LogP contribution in [-0.4, -0.2) is 61.5 Å². The summed E-state index contributed by atoms with van der Waals surface area (Å²) in [5.74, 6) is 0.665. The van der Waals surface area contributed by atoms with Gasteiger partial charge in [-0.3, -0.25) is 4.79 Å². The van der Waals surface area contributed by atoms with E-state index in [1.165, 1.54) is 12.0 Å². The molecule has 0 unspecified atom stereocenters. The largest absolute Gasteiger partial charge is 0.341 e. The van der Waals surface area contributed by atoms with Crippen LogP contribution in [0.25, 0.3) is 0 Å². The van der Waals surface area contributed by atoms with E-state index in [1.807, 2.05) is 0 Å². The highest BCUT2D eigenvalue weighted by Crippen LogP contribution is 2.17. The second kappa shape index (κ2) is 9.19. The van der Waals surface area contributed by atoms with Crippen LogP contribution >= 0.6 is 0 Å². The predicted octanol–water partition coefficient (Wildman–Crippen LogP) is 2.15. The topological polar surface area (TPSA) is 35.6 Å². The Morgan fingerprint density at radius 1 is 1.04 bits per heavy atom. The van der Waals surface area contributed by atoms with Crippen molar-refractivity contribution in [3.05, 3.63) is 35.9 Å². The first kappa shape index (κ1) is 17.4. The lowest BCUT2D eigenvalue weighted by Crippen LogP contribution is -2.42. The Morgan fingerprint density at radius 2 is 1.83 bits per heavy atom. The maximum atomic E-state index is 12.7. The Morgan fingerprint density at radius 3 is 2.62 bits per heavy atom. The minimum Gasteiger partial charge on any atom is -0.341 e. The first-order chi connectivity index (χ1) is 11.8. The maximum absolute atomic E-state index is 12.7. The first-order valence-electron chi connectivity index (χ1n) is 9.59. The molecule has 2 fully saturated rings. The van der Waals surface area contributed by atoms with Gasteiger partial charge in [-0.2, -0.15) is 0 Å². The zero-order valence-electron chi connectivity index (χ0n) is 14.8. The van der Waals surface area contributed by atoms with E-state index in [9.17, 15) is 4.79 Å². The Kier molecular flexibility index (Phi) is 6.67. The minimum absolute atomic E-state index is 0.260. The normalized spacial score (nSPS) is 20.8. The number of rotatable bonds is 5. The van der Waals surface area contributed by atoms with Crippen LogP contribution in [0.3, 0.4) is 0 Å². The number of hydrogen-bond donors (Lipinski definition) is 1. The molecule has 4 heteroatoms. The molecule has 0 aromatic heterocycles. The van der Waals surface area contributed by atoms with Gasteiger partial charge in [0, 0.05) is 25.6 Å². The molecule has 0 spiro atoms. The molecule has 1 amide bonds. The minimum atomic E-state index is 0.260. The quantitative estimate of drug-likeness (QED) is 0.899. The van der Waals surface area contributed by atoms with Crippen LogP contribution in [0.2, 0.25) is 0 Å². The molecular weight excluding hydrogens is 298 g/mol. The Labute approximate surface area is 146 Å². The molecule has 1 aromatic rings. The van der Waals surface area contributed by atoms with Crippen molar-refractivity contribution in [1.82, 2.24) is 15.1 Å². The SMILES string of the molecule is O=C(C1CCNCC1)N1CCCN(CCCc2ccccc2)CC1. The molecule has 3 rings (SSSR count). The van der Waals surface area contributed by atoms with Crippen molar-refractivity contribution in [2.24, 2.45) is 5.92 Å². The molecule has 2 saturated heterocycles. The number of nitrogens with one attached hydrogen (secondary N) is 1. The lowest BCUT2D eigenvalue weighted by molar-refractivity contribution is -0.136. The second-order valence-electron chi connectivity index (χ2n) is 7.13. The molecular formula is C20H31N3O. The monoisotopic (exact) mass is 329 g/mol. The van der Waals surface area contributed by atoms with Crippen molar-refractivity contribution in [2.75, 3.05) is 45.8 Å². The summed E-state index contributed by atoms with van der Waals surface area (Å²) >= 11 is 0. The zero-order valence-corrected chi connectivity index (χ0v) is 14.8. The zero-order chi connectivity index (χ0) is 16.6. The number of nitrogens with zero attached hydrogens (tertiary/aromatic N) is 2. The van der Waals surface area contributed by atoms with Gasteiger partial charge in [0.1, 0.15) is 0 Å². The highest BCUT2D eigenvalue weighted by molar-refractivity contribution is 5.79. The van der Waals surface area contributed by atoms with E-state index in [0.717, 1.165) is 71.5 Å². The molecule has 0 radical (unpaired) electrons. The Bertz CT molecular complexity index is 499. The molecule has 0 atom stereocenters. The number of amides is 1. The molecule has 0 bridgehead atoms. The van der Waals surface area contributed by atoms with E-state index in [-0.39, 0.29) is 5.92 Å². The van der Waals surface area contributed by atoms with Crippen molar-refractivity contribution in [1.29, 1.82) is 0 Å². The molecule has 0 aliphatic carbocycles. The standard InChI is InChI=1S/C20H31N3O/c24-20(19-9-11-21-12-10-19)23-15-5-14-22(16-17-23)13-4-8-18-6-2-1-3-7-18/h1-3,6-7,19,21H,4-5,8-17H2. The summed E-state index contributed by atoms with van der Waals surface area (Å²) in [6, 6.07) is 10.7. The summed E-state index contributed by atoms with van der Waals surface area (Å²) in [4.78, 5) is 17.4. The molecule has 132 valence electrons. The van der Waals surface area contributed by atoms with Gasteiger partial charge in [-0.25, -0.2) is 0 Å². The predicted molar refractivity (Wildman–Crippen MR) is 98.0 cm³/mol. The van der Waals surface area contributed by atoms with Gasteiger partial charge in [0.05, 0.1) is 0 Å². The lowest BCUT2D eigenvalue weighted by Gasteiger charge is -2.29. The molecule has 2 aliphatic heterocycles. The van der Waals surface area contributed by atoms with Gasteiger partial charge in [-0.15, -0.1) is 0 Å². The van der Waals surface area contributed by atoms with E-state index in [1.54, 1.807) is 0 Å². The third-order valence-corrected chi connectivity index (χ3v) is 5.37. The Balaban J connectivity index is 1.40. The third kappa shape index (κ3) is 5.05. The highest BCUT2D eigenvalue weighted by atomic mass is 16.2. The summed E-state index contributed by atoms with van der Waals surface area (Å²) in [6.07, 6.45) is 5.48. The fourth-order valence-electron chi connectivity index (χ4n) is 3.89. The van der Waals surface area contributed by atoms with Gasteiger partial charge < -0.3 is 15.1 Å². The summed E-state index contributed by atoms with van der Waals surface area (Å²) < 4.78 is 0. The van der Waals surface area contributed by atoms with E-state index in [2.05, 4.69) is 45.4 Å². The molecule has 4 nitrogen and oxygen atoms in total. The van der Waals surface area contributed by atoms with Crippen LogP contribution in [0, 0.1) is 5.92 Å². The van der Waals surface area contributed by atoms with Gasteiger partial charge in [-0.05, 0) is 63.8 Å². The van der Waals surface area contributed by atoms with Crippen LogP contribution in [0.4, 0.5) is 0 Å². The molecule has 1 N–H and O–H groups in total. The molecule has 1 aromatic carbocycles. The third-order valence-electron chi connectivity index (χ3n) is 5.37. The van der Waals surface area contributed by atoms with Gasteiger partial charge in [0.2, 0.25) is 5.91 Å². The maximum Gasteiger partial charge on any atom is 0.225 e. The van der Waals surface area contributed by atoms with Gasteiger partial charge in [0.25, 0.3) is 0 Å². The lowest BCUT2D eigenvalue weighted by atomic mass is 9.96. The van der Waals surface area contributed by atoms with Crippen LogP contribution in [0.5, 0.6) is 0 Å². The van der Waals surface area contributed by atoms with Crippen LogP contribution < -0.4 is 5.32 Å². The van der Waals surface area contributed by atoms with Crippen LogP contribution in [0.15, 0.2) is 30.3 Å². The van der Waals surface area contributed by atoms with E-state index < -0.39 is 0 Å². The number of carbonyl (C=O) groups excluding carboxylic acids is 1. The van der Waals surface area contributed by atoms with Crippen molar-refractivity contribution >= 4 is 5.91 Å².